The molecule has 92 valence electrons. The molecule has 1 aromatic rings. The SMILES string of the molecule is CCCC1(N)CN(C(=O)c2cncc(F)c2)C1. The Morgan fingerprint density at radius 2 is 2.29 bits per heavy atom. The maximum Gasteiger partial charge on any atom is 0.255 e. The molecule has 1 saturated heterocycles. The zero-order valence-electron chi connectivity index (χ0n) is 9.82. The van der Waals surface area contributed by atoms with Gasteiger partial charge in [-0.05, 0) is 12.5 Å². The van der Waals surface area contributed by atoms with E-state index in [1.54, 1.807) is 4.90 Å². The number of carbonyl (C=O) groups excluding carboxylic acids is 1. The molecule has 2 heterocycles. The summed E-state index contributed by atoms with van der Waals surface area (Å²) < 4.78 is 12.9. The van der Waals surface area contributed by atoms with Gasteiger partial charge in [-0.2, -0.15) is 0 Å². The highest BCUT2D eigenvalue weighted by Crippen LogP contribution is 2.24. The van der Waals surface area contributed by atoms with Crippen molar-refractivity contribution in [1.29, 1.82) is 0 Å². The zero-order chi connectivity index (χ0) is 12.5. The highest BCUT2D eigenvalue weighted by molar-refractivity contribution is 5.94. The molecule has 0 bridgehead atoms. The highest BCUT2D eigenvalue weighted by atomic mass is 19.1. The van der Waals surface area contributed by atoms with Crippen LogP contribution in [0.4, 0.5) is 4.39 Å². The Kier molecular flexibility index (Phi) is 3.11. The van der Waals surface area contributed by atoms with Gasteiger partial charge in [0.05, 0.1) is 17.3 Å². The molecule has 1 aromatic heterocycles. The van der Waals surface area contributed by atoms with Gasteiger partial charge in [-0.15, -0.1) is 0 Å². The first-order valence-electron chi connectivity index (χ1n) is 5.73. The summed E-state index contributed by atoms with van der Waals surface area (Å²) in [6.07, 6.45) is 4.36. The molecule has 2 N–H and O–H groups in total. The Bertz CT molecular complexity index is 430. The van der Waals surface area contributed by atoms with E-state index in [0.717, 1.165) is 19.0 Å². The van der Waals surface area contributed by atoms with Crippen molar-refractivity contribution in [1.82, 2.24) is 9.88 Å². The van der Waals surface area contributed by atoms with Crippen LogP contribution in [0.5, 0.6) is 0 Å². The molecule has 4 nitrogen and oxygen atoms in total. The second kappa shape index (κ2) is 4.41. The van der Waals surface area contributed by atoms with Crippen LogP contribution < -0.4 is 5.73 Å². The van der Waals surface area contributed by atoms with Gasteiger partial charge >= 0.3 is 0 Å². The largest absolute Gasteiger partial charge is 0.335 e. The molecule has 1 aliphatic heterocycles. The summed E-state index contributed by atoms with van der Waals surface area (Å²) in [5.74, 6) is -0.696. The van der Waals surface area contributed by atoms with Crippen molar-refractivity contribution in [2.75, 3.05) is 13.1 Å². The third kappa shape index (κ3) is 2.44. The number of hydrogen-bond donors (Lipinski definition) is 1. The minimum Gasteiger partial charge on any atom is -0.335 e. The highest BCUT2D eigenvalue weighted by Gasteiger charge is 2.41. The lowest BCUT2D eigenvalue weighted by Crippen LogP contribution is -2.68. The normalized spacial score (nSPS) is 17.7. The molecule has 0 aliphatic carbocycles. The first-order valence-corrected chi connectivity index (χ1v) is 5.73. The van der Waals surface area contributed by atoms with Crippen molar-refractivity contribution < 1.29 is 9.18 Å². The van der Waals surface area contributed by atoms with Crippen LogP contribution in [0.3, 0.4) is 0 Å². The van der Waals surface area contributed by atoms with Crippen LogP contribution in [0.1, 0.15) is 30.1 Å². The number of likely N-dealkylation sites (tertiary alicyclic amines) is 1. The lowest BCUT2D eigenvalue weighted by Gasteiger charge is -2.47. The number of rotatable bonds is 3. The monoisotopic (exact) mass is 237 g/mol. The minimum absolute atomic E-state index is 0.200. The summed E-state index contributed by atoms with van der Waals surface area (Å²) in [7, 11) is 0. The van der Waals surface area contributed by atoms with E-state index < -0.39 is 5.82 Å². The van der Waals surface area contributed by atoms with Gasteiger partial charge in [0.1, 0.15) is 5.82 Å². The van der Waals surface area contributed by atoms with Crippen LogP contribution in [0.2, 0.25) is 0 Å². The van der Waals surface area contributed by atoms with Crippen LogP contribution >= 0.6 is 0 Å². The number of halogens is 1. The molecule has 1 aliphatic rings. The number of pyridine rings is 1. The van der Waals surface area contributed by atoms with Crippen molar-refractivity contribution >= 4 is 5.91 Å². The fourth-order valence-corrected chi connectivity index (χ4v) is 2.22. The van der Waals surface area contributed by atoms with Crippen molar-refractivity contribution in [3.63, 3.8) is 0 Å². The molecule has 0 saturated carbocycles. The van der Waals surface area contributed by atoms with Crippen LogP contribution in [0.25, 0.3) is 0 Å². The smallest absolute Gasteiger partial charge is 0.255 e. The van der Waals surface area contributed by atoms with Crippen molar-refractivity contribution in [3.8, 4) is 0 Å². The van der Waals surface area contributed by atoms with Gasteiger partial charge in [-0.25, -0.2) is 4.39 Å². The molecule has 17 heavy (non-hydrogen) atoms. The Hall–Kier alpha value is -1.49. The van der Waals surface area contributed by atoms with Gasteiger partial charge in [0.2, 0.25) is 0 Å². The summed E-state index contributed by atoms with van der Waals surface area (Å²) in [6, 6.07) is 1.20. The lowest BCUT2D eigenvalue weighted by atomic mass is 9.86. The van der Waals surface area contributed by atoms with Crippen LogP contribution in [0, 0.1) is 5.82 Å². The lowest BCUT2D eigenvalue weighted by molar-refractivity contribution is 0.0385. The van der Waals surface area contributed by atoms with Gasteiger partial charge in [-0.1, -0.05) is 13.3 Å². The summed E-state index contributed by atoms with van der Waals surface area (Å²) in [5, 5.41) is 0. The Morgan fingerprint density at radius 1 is 1.59 bits per heavy atom. The molecule has 0 unspecified atom stereocenters. The van der Waals surface area contributed by atoms with Crippen LogP contribution in [0.15, 0.2) is 18.5 Å². The molecule has 0 aromatic carbocycles. The van der Waals surface area contributed by atoms with Gasteiger partial charge in [-0.3, -0.25) is 9.78 Å². The third-order valence-electron chi connectivity index (χ3n) is 3.00. The summed E-state index contributed by atoms with van der Waals surface area (Å²) in [5.41, 5.74) is 6.09. The van der Waals surface area contributed by atoms with Crippen LogP contribution in [-0.4, -0.2) is 34.4 Å². The molecular weight excluding hydrogens is 221 g/mol. The van der Waals surface area contributed by atoms with E-state index >= 15 is 0 Å². The summed E-state index contributed by atoms with van der Waals surface area (Å²) >= 11 is 0. The molecule has 0 spiro atoms. The quantitative estimate of drug-likeness (QED) is 0.858. The maximum absolute atomic E-state index is 12.9. The third-order valence-corrected chi connectivity index (χ3v) is 3.00. The zero-order valence-corrected chi connectivity index (χ0v) is 9.82. The second-order valence-electron chi connectivity index (χ2n) is 4.67. The molecule has 0 radical (unpaired) electrons. The van der Waals surface area contributed by atoms with Gasteiger partial charge in [0, 0.05) is 19.3 Å². The summed E-state index contributed by atoms with van der Waals surface area (Å²) in [6.45, 7) is 3.14. The number of aromatic nitrogens is 1. The number of amides is 1. The van der Waals surface area contributed by atoms with Gasteiger partial charge in [0.15, 0.2) is 0 Å². The summed E-state index contributed by atoms with van der Waals surface area (Å²) in [4.78, 5) is 17.2. The molecule has 2 rings (SSSR count). The Labute approximate surface area is 99.6 Å². The van der Waals surface area contributed by atoms with E-state index in [4.69, 9.17) is 5.73 Å². The minimum atomic E-state index is -0.496. The van der Waals surface area contributed by atoms with E-state index in [0.29, 0.717) is 13.1 Å². The van der Waals surface area contributed by atoms with E-state index in [1.165, 1.54) is 12.3 Å². The number of nitrogens with zero attached hydrogens (tertiary/aromatic N) is 2. The predicted octanol–water partition coefficient (Wildman–Crippen LogP) is 1.17. The number of nitrogens with two attached hydrogens (primary N) is 1. The standard InChI is InChI=1S/C12H16FN3O/c1-2-3-12(14)7-16(8-12)11(17)9-4-10(13)6-15-5-9/h4-6H,2-3,7-8,14H2,1H3. The van der Waals surface area contributed by atoms with Crippen molar-refractivity contribution in [3.05, 3.63) is 29.8 Å². The average molecular weight is 237 g/mol. The van der Waals surface area contributed by atoms with E-state index in [1.807, 2.05) is 0 Å². The maximum atomic E-state index is 12.9. The molecule has 1 amide bonds. The van der Waals surface area contributed by atoms with Gasteiger partial charge in [0.25, 0.3) is 5.91 Å². The average Bonchev–Trinajstić information content (AvgIpc) is 2.25. The number of carbonyl (C=O) groups is 1. The van der Waals surface area contributed by atoms with E-state index in [-0.39, 0.29) is 17.0 Å². The number of hydrogen-bond acceptors (Lipinski definition) is 3. The van der Waals surface area contributed by atoms with Crippen LogP contribution in [-0.2, 0) is 0 Å². The fourth-order valence-electron chi connectivity index (χ4n) is 2.22. The second-order valence-corrected chi connectivity index (χ2v) is 4.67. The fraction of sp³-hybridized carbons (Fsp3) is 0.500. The Balaban J connectivity index is 2.00. The Morgan fingerprint density at radius 3 is 2.88 bits per heavy atom. The van der Waals surface area contributed by atoms with Gasteiger partial charge < -0.3 is 10.6 Å². The molecule has 0 atom stereocenters. The molecule has 1 fully saturated rings. The van der Waals surface area contributed by atoms with E-state index in [2.05, 4.69) is 11.9 Å². The molecule has 5 heteroatoms. The topological polar surface area (TPSA) is 59.2 Å². The van der Waals surface area contributed by atoms with Crippen molar-refractivity contribution in [2.24, 2.45) is 5.73 Å². The van der Waals surface area contributed by atoms with Crippen molar-refractivity contribution in [2.45, 2.75) is 25.3 Å². The first-order chi connectivity index (χ1) is 8.04. The molecular formula is C12H16FN3O. The van der Waals surface area contributed by atoms with E-state index in [9.17, 15) is 9.18 Å². The predicted molar refractivity (Wildman–Crippen MR) is 61.9 cm³/mol. The first kappa shape index (κ1) is 12.0.